The van der Waals surface area contributed by atoms with E-state index in [1.54, 1.807) is 70.6 Å². The fourth-order valence-corrected chi connectivity index (χ4v) is 19.3. The third-order valence-corrected chi connectivity index (χ3v) is 19.8. The van der Waals surface area contributed by atoms with Gasteiger partial charge in [0.2, 0.25) is 0 Å². The first-order valence-electron chi connectivity index (χ1n) is 20.8. The van der Waals surface area contributed by atoms with Gasteiger partial charge in [0.1, 0.15) is 0 Å². The summed E-state index contributed by atoms with van der Waals surface area (Å²) >= 11 is 0. The lowest BCUT2D eigenvalue weighted by atomic mass is 9.30. The molecule has 0 amide bonds. The molecule has 1 spiro atoms. The van der Waals surface area contributed by atoms with Gasteiger partial charge in [0, 0.05) is 0 Å². The molecule has 0 saturated heterocycles. The van der Waals surface area contributed by atoms with Gasteiger partial charge in [-0.05, 0) is 211 Å². The second-order valence-electron chi connectivity index (χ2n) is 23.1. The van der Waals surface area contributed by atoms with Crippen molar-refractivity contribution in [2.75, 3.05) is 0 Å². The van der Waals surface area contributed by atoms with Crippen LogP contribution in [0.1, 0.15) is 133 Å². The molecule has 22 atom stereocenters. The Kier molecular flexibility index (Phi) is 5.90. The van der Waals surface area contributed by atoms with Gasteiger partial charge in [-0.25, -0.2) is 0 Å². The highest BCUT2D eigenvalue weighted by Gasteiger charge is 2.81. The first-order chi connectivity index (χ1) is 20.8. The maximum absolute atomic E-state index is 2.82. The smallest absolute Gasteiger partial charge is 0.0168 e. The molecule has 22 unspecified atom stereocenters. The minimum atomic E-state index is 0.483. The van der Waals surface area contributed by atoms with Gasteiger partial charge in [-0.3, -0.25) is 0 Å². The molecule has 10 fully saturated rings. The van der Waals surface area contributed by atoms with E-state index in [0.717, 1.165) is 130 Å². The highest BCUT2D eigenvalue weighted by molar-refractivity contribution is 5.28. The SMILES string of the molecule is CC1CC2CC3CC(C)C4CC5CC(C(C)(C)C)CC6C7CC(C(C)(C)C)CC7C7(C8CC(C)CC9C(C1)C2C(C98)C3C47)C56. The molecule has 10 rings (SSSR count). The van der Waals surface area contributed by atoms with Gasteiger partial charge in [-0.15, -0.1) is 0 Å². The highest BCUT2D eigenvalue weighted by Crippen LogP contribution is 2.86. The predicted molar refractivity (Wildman–Crippen MR) is 182 cm³/mol. The van der Waals surface area contributed by atoms with Crippen LogP contribution in [0.2, 0.25) is 0 Å². The molecule has 10 aliphatic carbocycles. The lowest BCUT2D eigenvalue weighted by Crippen LogP contribution is -2.69. The van der Waals surface area contributed by atoms with E-state index in [2.05, 4.69) is 62.3 Å². The molecule has 0 aromatic carbocycles. The highest BCUT2D eigenvalue weighted by atomic mass is 14.9. The Labute approximate surface area is 272 Å². The molecule has 0 heteroatoms. The average molecular weight is 599 g/mol. The molecule has 246 valence electrons. The van der Waals surface area contributed by atoms with Crippen molar-refractivity contribution in [2.45, 2.75) is 133 Å². The third-order valence-electron chi connectivity index (χ3n) is 19.8. The second kappa shape index (κ2) is 8.96. The Balaban J connectivity index is 1.20. The van der Waals surface area contributed by atoms with Crippen LogP contribution in [0.15, 0.2) is 0 Å². The molecule has 0 aromatic rings. The van der Waals surface area contributed by atoms with Crippen LogP contribution in [0.4, 0.5) is 0 Å². The Hall–Kier alpha value is 0. The van der Waals surface area contributed by atoms with Gasteiger partial charge in [0.15, 0.2) is 0 Å². The van der Waals surface area contributed by atoms with Gasteiger partial charge in [0.25, 0.3) is 0 Å². The lowest BCUT2D eigenvalue weighted by molar-refractivity contribution is -0.268. The average Bonchev–Trinajstić information content (AvgIpc) is 3.59. The van der Waals surface area contributed by atoms with Crippen LogP contribution in [0, 0.1) is 141 Å². The van der Waals surface area contributed by atoms with Gasteiger partial charge < -0.3 is 0 Å². The summed E-state index contributed by atoms with van der Waals surface area (Å²) in [7, 11) is 0. The zero-order valence-electron chi connectivity index (χ0n) is 30.4. The summed E-state index contributed by atoms with van der Waals surface area (Å²) in [6.07, 6.45) is 17.9. The predicted octanol–water partition coefficient (Wildman–Crippen LogP) is 11.5. The largest absolute Gasteiger partial charge is 0.0625 e. The van der Waals surface area contributed by atoms with Gasteiger partial charge in [-0.2, -0.15) is 0 Å². The number of fused-ring (bicyclic) bond motifs is 3. The summed E-state index contributed by atoms with van der Waals surface area (Å²) in [4.78, 5) is 0. The Morgan fingerprint density at radius 3 is 1.77 bits per heavy atom. The van der Waals surface area contributed by atoms with E-state index in [4.69, 9.17) is 0 Å². The van der Waals surface area contributed by atoms with Gasteiger partial charge in [0.05, 0.1) is 0 Å². The zero-order valence-corrected chi connectivity index (χ0v) is 30.4. The van der Waals surface area contributed by atoms with Gasteiger partial charge in [-0.1, -0.05) is 62.3 Å². The molecule has 0 bridgehead atoms. The van der Waals surface area contributed by atoms with Crippen molar-refractivity contribution in [3.63, 3.8) is 0 Å². The minimum absolute atomic E-state index is 0.483. The van der Waals surface area contributed by atoms with Crippen molar-refractivity contribution in [3.05, 3.63) is 0 Å². The van der Waals surface area contributed by atoms with Crippen LogP contribution in [-0.4, -0.2) is 0 Å². The van der Waals surface area contributed by atoms with Crippen molar-refractivity contribution in [1.82, 2.24) is 0 Å². The molecular weight excluding hydrogens is 528 g/mol. The molecule has 0 aromatic heterocycles. The quantitative estimate of drug-likeness (QED) is 0.260. The van der Waals surface area contributed by atoms with E-state index in [1.807, 2.05) is 0 Å². The first kappa shape index (κ1) is 29.0. The van der Waals surface area contributed by atoms with E-state index in [0.29, 0.717) is 10.8 Å². The zero-order chi connectivity index (χ0) is 30.4. The summed E-state index contributed by atoms with van der Waals surface area (Å²) in [5.41, 5.74) is 1.70. The topological polar surface area (TPSA) is 0 Å². The van der Waals surface area contributed by atoms with E-state index in [9.17, 15) is 0 Å². The van der Waals surface area contributed by atoms with Crippen molar-refractivity contribution >= 4 is 0 Å². The van der Waals surface area contributed by atoms with Crippen LogP contribution in [-0.2, 0) is 0 Å². The summed E-state index contributed by atoms with van der Waals surface area (Å²) in [5.74, 6) is 22.6. The van der Waals surface area contributed by atoms with E-state index < -0.39 is 0 Å². The van der Waals surface area contributed by atoms with E-state index in [-0.39, 0.29) is 0 Å². The molecular formula is C44H70. The second-order valence-corrected chi connectivity index (χ2v) is 23.1. The van der Waals surface area contributed by atoms with Gasteiger partial charge >= 0.3 is 0 Å². The van der Waals surface area contributed by atoms with Crippen LogP contribution in [0.25, 0.3) is 0 Å². The lowest BCUT2D eigenvalue weighted by Gasteiger charge is -2.74. The van der Waals surface area contributed by atoms with Crippen molar-refractivity contribution < 1.29 is 0 Å². The fraction of sp³-hybridized carbons (Fsp3) is 1.00. The summed E-state index contributed by atoms with van der Waals surface area (Å²) in [6, 6.07) is 0. The Morgan fingerprint density at radius 1 is 0.409 bits per heavy atom. The molecule has 10 saturated carbocycles. The van der Waals surface area contributed by atoms with Crippen molar-refractivity contribution in [3.8, 4) is 0 Å². The molecule has 10 aliphatic rings. The number of rotatable bonds is 0. The molecule has 0 radical (unpaired) electrons. The molecule has 0 aliphatic heterocycles. The number of hydrogen-bond acceptors (Lipinski definition) is 0. The van der Waals surface area contributed by atoms with E-state index >= 15 is 0 Å². The standard InChI is InChI=1S/C44H70/c1-21-10-24-15-25-14-23(3)29-17-26-16-27(42(4,5)6)19-33-30-18-28(43(7,8)9)20-34(30)44(40(26)33)35-13-22(2)12-32-31(11-21)36(24)39(38(32)35)37(25)41(29)44/h21-41H,10-20H2,1-9H3. The summed E-state index contributed by atoms with van der Waals surface area (Å²) in [6.45, 7) is 24.1. The monoisotopic (exact) mass is 599 g/mol. The third kappa shape index (κ3) is 3.40. The fourth-order valence-electron chi connectivity index (χ4n) is 19.3. The number of hydrogen-bond donors (Lipinski definition) is 0. The summed E-state index contributed by atoms with van der Waals surface area (Å²) in [5, 5.41) is 0. The van der Waals surface area contributed by atoms with Crippen LogP contribution >= 0.6 is 0 Å². The summed E-state index contributed by atoms with van der Waals surface area (Å²) < 4.78 is 0. The minimum Gasteiger partial charge on any atom is -0.0625 e. The molecule has 0 nitrogen and oxygen atoms in total. The maximum atomic E-state index is 2.82. The molecule has 0 N–H and O–H groups in total. The van der Waals surface area contributed by atoms with Crippen LogP contribution < -0.4 is 0 Å². The normalized spacial score (nSPS) is 64.7. The molecule has 44 heavy (non-hydrogen) atoms. The molecule has 0 heterocycles. The van der Waals surface area contributed by atoms with Crippen molar-refractivity contribution in [1.29, 1.82) is 0 Å². The van der Waals surface area contributed by atoms with Crippen molar-refractivity contribution in [2.24, 2.45) is 141 Å². The van der Waals surface area contributed by atoms with Crippen LogP contribution in [0.3, 0.4) is 0 Å². The first-order valence-corrected chi connectivity index (χ1v) is 20.8. The Bertz CT molecular complexity index is 1180. The van der Waals surface area contributed by atoms with E-state index in [1.165, 1.54) is 0 Å². The van der Waals surface area contributed by atoms with Crippen LogP contribution in [0.5, 0.6) is 0 Å². The Morgan fingerprint density at radius 2 is 1.05 bits per heavy atom. The maximum Gasteiger partial charge on any atom is -0.0168 e.